The number of nitrogens with zero attached hydrogens (tertiary/aromatic N) is 2. The number of fused-ring (bicyclic) bond motifs is 1. The van der Waals surface area contributed by atoms with Crippen LogP contribution in [0.4, 0.5) is 0 Å². The number of nitrogens with two attached hydrogens (primary N) is 1. The number of carbonyl (C=O) groups is 1. The van der Waals surface area contributed by atoms with Gasteiger partial charge in [0.15, 0.2) is 0 Å². The fourth-order valence-corrected chi connectivity index (χ4v) is 4.07. The van der Waals surface area contributed by atoms with Crippen molar-refractivity contribution in [2.75, 3.05) is 26.2 Å². The number of carbonyl (C=O) groups excluding carboxylic acids is 1. The zero-order valence-corrected chi connectivity index (χ0v) is 11.9. The number of amides is 1. The van der Waals surface area contributed by atoms with E-state index >= 15 is 0 Å². The molecule has 1 saturated carbocycles. The Morgan fingerprint density at radius 2 is 1.79 bits per heavy atom. The van der Waals surface area contributed by atoms with Crippen molar-refractivity contribution in [1.29, 1.82) is 0 Å². The van der Waals surface area contributed by atoms with Crippen molar-refractivity contribution in [3.05, 3.63) is 0 Å². The third-order valence-electron chi connectivity index (χ3n) is 5.29. The minimum atomic E-state index is 0.0930. The Balaban J connectivity index is 1.62. The molecular weight excluding hydrogens is 238 g/mol. The van der Waals surface area contributed by atoms with Crippen molar-refractivity contribution in [3.8, 4) is 0 Å². The minimum Gasteiger partial charge on any atom is -0.340 e. The molecule has 0 aromatic heterocycles. The predicted molar refractivity (Wildman–Crippen MR) is 75.7 cm³/mol. The molecule has 0 radical (unpaired) electrons. The molecule has 1 aliphatic carbocycles. The van der Waals surface area contributed by atoms with Crippen LogP contribution >= 0.6 is 0 Å². The minimum absolute atomic E-state index is 0.0930. The molecule has 3 unspecified atom stereocenters. The van der Waals surface area contributed by atoms with E-state index in [9.17, 15) is 4.79 Å². The number of rotatable bonds is 1. The van der Waals surface area contributed by atoms with Crippen LogP contribution in [0.5, 0.6) is 0 Å². The highest BCUT2D eigenvalue weighted by Gasteiger charge is 2.36. The average Bonchev–Trinajstić information content (AvgIpc) is 2.79. The van der Waals surface area contributed by atoms with Gasteiger partial charge in [-0.2, -0.15) is 0 Å². The van der Waals surface area contributed by atoms with Crippen LogP contribution in [0.2, 0.25) is 0 Å². The van der Waals surface area contributed by atoms with Gasteiger partial charge in [0, 0.05) is 31.7 Å². The third-order valence-corrected chi connectivity index (χ3v) is 5.29. The normalized spacial score (nSPS) is 36.9. The maximum atomic E-state index is 12.7. The van der Waals surface area contributed by atoms with E-state index in [2.05, 4.69) is 9.80 Å². The molecule has 4 heteroatoms. The summed E-state index contributed by atoms with van der Waals surface area (Å²) in [5.74, 6) is 0.441. The summed E-state index contributed by atoms with van der Waals surface area (Å²) >= 11 is 0. The Morgan fingerprint density at radius 3 is 2.68 bits per heavy atom. The highest BCUT2D eigenvalue weighted by molar-refractivity contribution is 5.79. The van der Waals surface area contributed by atoms with Crippen molar-refractivity contribution in [2.24, 2.45) is 11.7 Å². The summed E-state index contributed by atoms with van der Waals surface area (Å²) in [5, 5.41) is 0. The lowest BCUT2D eigenvalue weighted by molar-refractivity contribution is -0.139. The first kappa shape index (κ1) is 13.4. The molecule has 0 bridgehead atoms. The molecule has 2 heterocycles. The fraction of sp³-hybridized carbons (Fsp3) is 0.933. The standard InChI is InChI=1S/C15H27N3O/c16-14-7-3-1-2-6-13(14)15(19)18-10-9-17-8-4-5-12(17)11-18/h12-14H,1-11,16H2. The molecule has 2 saturated heterocycles. The molecule has 3 fully saturated rings. The molecule has 2 N–H and O–H groups in total. The Labute approximate surface area is 116 Å². The van der Waals surface area contributed by atoms with E-state index in [-0.39, 0.29) is 12.0 Å². The maximum Gasteiger partial charge on any atom is 0.227 e. The molecule has 3 atom stereocenters. The van der Waals surface area contributed by atoms with Gasteiger partial charge in [-0.15, -0.1) is 0 Å². The molecule has 19 heavy (non-hydrogen) atoms. The van der Waals surface area contributed by atoms with Crippen LogP contribution in [0.15, 0.2) is 0 Å². The average molecular weight is 265 g/mol. The zero-order chi connectivity index (χ0) is 13.2. The summed E-state index contributed by atoms with van der Waals surface area (Å²) in [4.78, 5) is 17.4. The first-order valence-electron chi connectivity index (χ1n) is 8.04. The van der Waals surface area contributed by atoms with Gasteiger partial charge in [-0.1, -0.05) is 19.3 Å². The van der Waals surface area contributed by atoms with E-state index in [1.165, 1.54) is 38.6 Å². The Kier molecular flexibility index (Phi) is 4.08. The van der Waals surface area contributed by atoms with Crippen molar-refractivity contribution in [2.45, 2.75) is 57.0 Å². The summed E-state index contributed by atoms with van der Waals surface area (Å²) in [6, 6.07) is 0.719. The number of hydrogen-bond donors (Lipinski definition) is 1. The monoisotopic (exact) mass is 265 g/mol. The van der Waals surface area contributed by atoms with Crippen molar-refractivity contribution in [3.63, 3.8) is 0 Å². The highest BCUT2D eigenvalue weighted by atomic mass is 16.2. The Bertz CT molecular complexity index is 333. The lowest BCUT2D eigenvalue weighted by atomic mass is 9.93. The van der Waals surface area contributed by atoms with Crippen LogP contribution in [0.3, 0.4) is 0 Å². The number of piperazine rings is 1. The summed E-state index contributed by atoms with van der Waals surface area (Å²) < 4.78 is 0. The van der Waals surface area contributed by atoms with Crippen molar-refractivity contribution in [1.82, 2.24) is 9.80 Å². The van der Waals surface area contributed by atoms with Crippen LogP contribution in [0.1, 0.15) is 44.9 Å². The second-order valence-corrected chi connectivity index (χ2v) is 6.52. The van der Waals surface area contributed by atoms with Gasteiger partial charge < -0.3 is 10.6 Å². The summed E-state index contributed by atoms with van der Waals surface area (Å²) in [6.45, 7) is 4.16. The highest BCUT2D eigenvalue weighted by Crippen LogP contribution is 2.27. The fourth-order valence-electron chi connectivity index (χ4n) is 4.07. The number of hydrogen-bond acceptors (Lipinski definition) is 3. The Morgan fingerprint density at radius 1 is 0.947 bits per heavy atom. The lowest BCUT2D eigenvalue weighted by Gasteiger charge is -2.39. The molecule has 0 aromatic rings. The largest absolute Gasteiger partial charge is 0.340 e. The van der Waals surface area contributed by atoms with E-state index in [1.54, 1.807) is 0 Å². The molecule has 0 aromatic carbocycles. The third kappa shape index (κ3) is 2.79. The molecular formula is C15H27N3O. The van der Waals surface area contributed by atoms with Gasteiger partial charge in [0.2, 0.25) is 5.91 Å². The molecule has 0 spiro atoms. The van der Waals surface area contributed by atoms with Crippen LogP contribution in [-0.4, -0.2) is 54.0 Å². The second-order valence-electron chi connectivity index (χ2n) is 6.52. The molecule has 4 nitrogen and oxygen atoms in total. The van der Waals surface area contributed by atoms with Crippen molar-refractivity contribution < 1.29 is 4.79 Å². The van der Waals surface area contributed by atoms with Gasteiger partial charge in [0.05, 0.1) is 5.92 Å². The second kappa shape index (κ2) is 5.80. The smallest absolute Gasteiger partial charge is 0.227 e. The topological polar surface area (TPSA) is 49.6 Å². The first-order valence-corrected chi connectivity index (χ1v) is 8.04. The lowest BCUT2D eigenvalue weighted by Crippen LogP contribution is -2.55. The predicted octanol–water partition coefficient (Wildman–Crippen LogP) is 1.20. The van der Waals surface area contributed by atoms with Gasteiger partial charge in [0.1, 0.15) is 0 Å². The van der Waals surface area contributed by atoms with Crippen LogP contribution in [0, 0.1) is 5.92 Å². The van der Waals surface area contributed by atoms with Crippen molar-refractivity contribution >= 4 is 5.91 Å². The van der Waals surface area contributed by atoms with E-state index in [0.29, 0.717) is 11.9 Å². The molecule has 3 aliphatic rings. The quantitative estimate of drug-likeness (QED) is 0.725. The van der Waals surface area contributed by atoms with Crippen LogP contribution < -0.4 is 5.73 Å². The van der Waals surface area contributed by atoms with Gasteiger partial charge in [0.25, 0.3) is 0 Å². The first-order chi connectivity index (χ1) is 9.25. The van der Waals surface area contributed by atoms with E-state index in [1.807, 2.05) is 0 Å². The Hall–Kier alpha value is -0.610. The van der Waals surface area contributed by atoms with E-state index < -0.39 is 0 Å². The molecule has 2 aliphatic heterocycles. The SMILES string of the molecule is NC1CCCCCC1C(=O)N1CCN2CCCC2C1. The summed E-state index contributed by atoms with van der Waals surface area (Å²) in [5.41, 5.74) is 6.24. The molecule has 3 rings (SSSR count). The van der Waals surface area contributed by atoms with E-state index in [0.717, 1.165) is 32.5 Å². The van der Waals surface area contributed by atoms with Gasteiger partial charge in [-0.25, -0.2) is 0 Å². The summed E-state index contributed by atoms with van der Waals surface area (Å²) in [6.07, 6.45) is 8.21. The van der Waals surface area contributed by atoms with E-state index in [4.69, 9.17) is 5.73 Å². The van der Waals surface area contributed by atoms with Crippen LogP contribution in [0.25, 0.3) is 0 Å². The molecule has 108 valence electrons. The summed E-state index contributed by atoms with van der Waals surface area (Å²) in [7, 11) is 0. The van der Waals surface area contributed by atoms with Crippen LogP contribution in [-0.2, 0) is 4.79 Å². The van der Waals surface area contributed by atoms with Gasteiger partial charge >= 0.3 is 0 Å². The van der Waals surface area contributed by atoms with Gasteiger partial charge in [-0.3, -0.25) is 9.69 Å². The van der Waals surface area contributed by atoms with Gasteiger partial charge in [-0.05, 0) is 32.2 Å². The zero-order valence-electron chi connectivity index (χ0n) is 11.9. The maximum absolute atomic E-state index is 12.7. The molecule has 1 amide bonds.